The van der Waals surface area contributed by atoms with Crippen LogP contribution in [0, 0.1) is 13.8 Å². The van der Waals surface area contributed by atoms with Crippen LogP contribution in [0.5, 0.6) is 0 Å². The van der Waals surface area contributed by atoms with E-state index in [1.54, 1.807) is 16.9 Å². The Morgan fingerprint density at radius 1 is 1.17 bits per heavy atom. The van der Waals surface area contributed by atoms with Gasteiger partial charge in [-0.25, -0.2) is 9.78 Å². The second kappa shape index (κ2) is 10.0. The largest absolute Gasteiger partial charge is 0.366 e. The maximum atomic E-state index is 13.2. The summed E-state index contributed by atoms with van der Waals surface area (Å²) in [6, 6.07) is 12.0. The standard InChI is InChI=1S/C26H28BrN7O/c1-17-6-3-7-18(2)24(17)32-26(35)33-11-5-9-20(16-33)22-12-23(29-14-19-8-4-10-28-13-19)34-25(31-22)21(27)15-30-34/h3-4,6-8,10,12-13,15,20,29H,5,9,11,14,16H2,1-2H3,(H,32,35). The summed E-state index contributed by atoms with van der Waals surface area (Å²) in [6.07, 6.45) is 7.27. The van der Waals surface area contributed by atoms with Crippen molar-refractivity contribution in [2.75, 3.05) is 23.7 Å². The van der Waals surface area contributed by atoms with Crippen molar-refractivity contribution in [1.82, 2.24) is 24.5 Å². The highest BCUT2D eigenvalue weighted by molar-refractivity contribution is 9.10. The molecule has 35 heavy (non-hydrogen) atoms. The fraction of sp³-hybridized carbons (Fsp3) is 0.308. The van der Waals surface area contributed by atoms with Gasteiger partial charge >= 0.3 is 6.03 Å². The second-order valence-corrected chi connectivity index (χ2v) is 9.85. The van der Waals surface area contributed by atoms with E-state index in [2.05, 4.69) is 42.7 Å². The first-order valence-electron chi connectivity index (χ1n) is 11.8. The highest BCUT2D eigenvalue weighted by atomic mass is 79.9. The molecule has 2 amide bonds. The van der Waals surface area contributed by atoms with Crippen LogP contribution in [0.2, 0.25) is 0 Å². The van der Waals surface area contributed by atoms with Crippen LogP contribution in [-0.4, -0.2) is 43.6 Å². The van der Waals surface area contributed by atoms with Gasteiger partial charge in [-0.2, -0.15) is 9.61 Å². The molecule has 3 aromatic heterocycles. The number of aromatic nitrogens is 4. The number of amides is 2. The normalized spacial score (nSPS) is 15.9. The van der Waals surface area contributed by atoms with Crippen LogP contribution in [0.25, 0.3) is 5.65 Å². The number of pyridine rings is 1. The molecular weight excluding hydrogens is 506 g/mol. The molecule has 4 heterocycles. The first-order valence-corrected chi connectivity index (χ1v) is 12.6. The molecule has 9 heteroatoms. The molecule has 180 valence electrons. The topological polar surface area (TPSA) is 87.5 Å². The van der Waals surface area contributed by atoms with Crippen LogP contribution in [0.4, 0.5) is 16.3 Å². The van der Waals surface area contributed by atoms with Gasteiger partial charge < -0.3 is 15.5 Å². The summed E-state index contributed by atoms with van der Waals surface area (Å²) in [5.41, 5.74) is 5.81. The Morgan fingerprint density at radius 3 is 2.77 bits per heavy atom. The first kappa shape index (κ1) is 23.3. The highest BCUT2D eigenvalue weighted by Crippen LogP contribution is 2.30. The lowest BCUT2D eigenvalue weighted by Gasteiger charge is -2.33. The van der Waals surface area contributed by atoms with Crippen molar-refractivity contribution in [2.45, 2.75) is 39.2 Å². The Bertz CT molecular complexity index is 1330. The zero-order valence-corrected chi connectivity index (χ0v) is 21.4. The number of hydrogen-bond acceptors (Lipinski definition) is 5. The van der Waals surface area contributed by atoms with Crippen LogP contribution in [0.1, 0.15) is 41.1 Å². The van der Waals surface area contributed by atoms with Gasteiger partial charge in [-0.1, -0.05) is 24.3 Å². The summed E-state index contributed by atoms with van der Waals surface area (Å²) >= 11 is 3.58. The van der Waals surface area contributed by atoms with E-state index in [9.17, 15) is 4.79 Å². The number of urea groups is 1. The Kier molecular flexibility index (Phi) is 6.68. The van der Waals surface area contributed by atoms with Crippen LogP contribution >= 0.6 is 15.9 Å². The van der Waals surface area contributed by atoms with Crippen molar-refractivity contribution in [3.8, 4) is 0 Å². The van der Waals surface area contributed by atoms with Gasteiger partial charge in [0.05, 0.1) is 16.4 Å². The summed E-state index contributed by atoms with van der Waals surface area (Å²) in [6.45, 7) is 6.01. The minimum Gasteiger partial charge on any atom is -0.366 e. The van der Waals surface area contributed by atoms with Crippen molar-refractivity contribution in [2.24, 2.45) is 0 Å². The van der Waals surface area contributed by atoms with Crippen molar-refractivity contribution in [3.63, 3.8) is 0 Å². The minimum absolute atomic E-state index is 0.0614. The van der Waals surface area contributed by atoms with Crippen molar-refractivity contribution < 1.29 is 4.79 Å². The molecule has 1 atom stereocenters. The molecule has 1 aliphatic heterocycles. The van der Waals surface area contributed by atoms with E-state index >= 15 is 0 Å². The molecule has 1 saturated heterocycles. The molecule has 8 nitrogen and oxygen atoms in total. The van der Waals surface area contributed by atoms with Gasteiger partial charge in [-0.15, -0.1) is 0 Å². The maximum absolute atomic E-state index is 13.2. The summed E-state index contributed by atoms with van der Waals surface area (Å²) in [7, 11) is 0. The monoisotopic (exact) mass is 533 g/mol. The average molecular weight is 534 g/mol. The fourth-order valence-corrected chi connectivity index (χ4v) is 4.93. The van der Waals surface area contributed by atoms with Crippen LogP contribution in [0.3, 0.4) is 0 Å². The third-order valence-electron chi connectivity index (χ3n) is 6.48. The number of halogens is 1. The van der Waals surface area contributed by atoms with Crippen LogP contribution in [-0.2, 0) is 6.54 Å². The lowest BCUT2D eigenvalue weighted by Crippen LogP contribution is -2.42. The molecule has 0 spiro atoms. The molecule has 1 unspecified atom stereocenters. The molecule has 4 aromatic rings. The summed E-state index contributed by atoms with van der Waals surface area (Å²) in [4.78, 5) is 24.2. The highest BCUT2D eigenvalue weighted by Gasteiger charge is 2.27. The van der Waals surface area contributed by atoms with Gasteiger partial charge in [0.1, 0.15) is 5.82 Å². The van der Waals surface area contributed by atoms with Crippen molar-refractivity contribution >= 4 is 39.1 Å². The van der Waals surface area contributed by atoms with Gasteiger partial charge in [0.2, 0.25) is 0 Å². The number of anilines is 2. The predicted molar refractivity (Wildman–Crippen MR) is 141 cm³/mol. The summed E-state index contributed by atoms with van der Waals surface area (Å²) < 4.78 is 2.64. The molecule has 0 aliphatic carbocycles. The maximum Gasteiger partial charge on any atom is 0.321 e. The Balaban J connectivity index is 1.37. The number of likely N-dealkylation sites (tertiary alicyclic amines) is 1. The summed E-state index contributed by atoms with van der Waals surface area (Å²) in [5, 5.41) is 11.1. The predicted octanol–water partition coefficient (Wildman–Crippen LogP) is 5.53. The number of nitrogens with zero attached hydrogens (tertiary/aromatic N) is 5. The molecule has 0 bridgehead atoms. The number of fused-ring (bicyclic) bond motifs is 1. The van der Waals surface area contributed by atoms with Crippen molar-refractivity contribution in [1.29, 1.82) is 0 Å². The minimum atomic E-state index is -0.0614. The number of piperidine rings is 1. The molecule has 0 saturated carbocycles. The first-order chi connectivity index (χ1) is 17.0. The Hall–Kier alpha value is -3.46. The number of aryl methyl sites for hydroxylation is 2. The molecule has 1 fully saturated rings. The smallest absolute Gasteiger partial charge is 0.321 e. The molecule has 5 rings (SSSR count). The second-order valence-electron chi connectivity index (χ2n) is 8.99. The number of nitrogens with one attached hydrogen (secondary N) is 2. The third-order valence-corrected chi connectivity index (χ3v) is 7.04. The van der Waals surface area contributed by atoms with E-state index in [4.69, 9.17) is 4.98 Å². The lowest BCUT2D eigenvalue weighted by atomic mass is 9.94. The van der Waals surface area contributed by atoms with Gasteiger partial charge in [-0.3, -0.25) is 4.98 Å². The van der Waals surface area contributed by atoms with Gasteiger partial charge in [0, 0.05) is 49.7 Å². The van der Waals surface area contributed by atoms with Gasteiger partial charge in [0.15, 0.2) is 5.65 Å². The molecular formula is C26H28BrN7O. The van der Waals surface area contributed by atoms with E-state index < -0.39 is 0 Å². The van der Waals surface area contributed by atoms with Crippen LogP contribution in [0.15, 0.2) is 59.5 Å². The van der Waals surface area contributed by atoms with Gasteiger partial charge in [-0.05, 0) is 65.4 Å². The zero-order chi connectivity index (χ0) is 24.4. The fourth-order valence-electron chi connectivity index (χ4n) is 4.59. The Morgan fingerprint density at radius 2 is 2.00 bits per heavy atom. The Labute approximate surface area is 212 Å². The van der Waals surface area contributed by atoms with E-state index in [0.717, 1.165) is 63.4 Å². The molecule has 1 aromatic carbocycles. The van der Waals surface area contributed by atoms with E-state index in [1.165, 1.54) is 0 Å². The number of rotatable bonds is 5. The average Bonchev–Trinajstić information content (AvgIpc) is 3.26. The molecule has 2 N–H and O–H groups in total. The zero-order valence-electron chi connectivity index (χ0n) is 19.8. The number of hydrogen-bond donors (Lipinski definition) is 2. The quantitative estimate of drug-likeness (QED) is 0.352. The SMILES string of the molecule is Cc1cccc(C)c1NC(=O)N1CCCC(c2cc(NCc3cccnc3)n3ncc(Br)c3n2)C1. The number of carbonyl (C=O) groups is 1. The number of para-hydroxylation sites is 1. The molecule has 1 aliphatic rings. The lowest BCUT2D eigenvalue weighted by molar-refractivity contribution is 0.192. The summed E-state index contributed by atoms with van der Waals surface area (Å²) in [5.74, 6) is 0.995. The van der Waals surface area contributed by atoms with E-state index in [1.807, 2.05) is 55.3 Å². The number of benzene rings is 1. The van der Waals surface area contributed by atoms with Gasteiger partial charge in [0.25, 0.3) is 0 Å². The third kappa shape index (κ3) is 5.00. The van der Waals surface area contributed by atoms with E-state index in [-0.39, 0.29) is 11.9 Å². The van der Waals surface area contributed by atoms with Crippen molar-refractivity contribution in [3.05, 3.63) is 81.8 Å². The van der Waals surface area contributed by atoms with Crippen LogP contribution < -0.4 is 10.6 Å². The van der Waals surface area contributed by atoms with E-state index in [0.29, 0.717) is 13.1 Å². The molecule has 0 radical (unpaired) electrons. The number of carbonyl (C=O) groups excluding carboxylic acids is 1.